The van der Waals surface area contributed by atoms with E-state index in [1.807, 2.05) is 63.8 Å². The summed E-state index contributed by atoms with van der Waals surface area (Å²) in [4.78, 5) is 0. The minimum absolute atomic E-state index is 0.592. The predicted molar refractivity (Wildman–Crippen MR) is 73.7 cm³/mol. The lowest BCUT2D eigenvalue weighted by Crippen LogP contribution is -2.44. The Balaban J connectivity index is 4.62. The third-order valence-electron chi connectivity index (χ3n) is 1.86. The van der Waals surface area contributed by atoms with Crippen molar-refractivity contribution in [2.24, 2.45) is 0 Å². The van der Waals surface area contributed by atoms with Crippen LogP contribution in [0.25, 0.3) is 0 Å². The third kappa shape index (κ3) is 7.28. The molecule has 0 spiro atoms. The summed E-state index contributed by atoms with van der Waals surface area (Å²) in [6.45, 7) is 9.60. The molecule has 0 aromatic rings. The fourth-order valence-electron chi connectivity index (χ4n) is 1.29. The van der Waals surface area contributed by atoms with Crippen molar-refractivity contribution in [2.75, 3.05) is 19.8 Å². The Kier molecular flexibility index (Phi) is 10.0. The lowest BCUT2D eigenvalue weighted by atomic mass is 10.4. The quantitative estimate of drug-likeness (QED) is 0.468. The zero-order valence-corrected chi connectivity index (χ0v) is 12.3. The van der Waals surface area contributed by atoms with E-state index in [9.17, 15) is 0 Å². The highest BCUT2D eigenvalue weighted by molar-refractivity contribution is 6.66. The minimum atomic E-state index is -2.61. The van der Waals surface area contributed by atoms with Crippen molar-refractivity contribution >= 4 is 8.80 Å². The SMILES string of the molecule is C/C=C/C=C/C=C/[Si](OCC)(OCC)OCC. The van der Waals surface area contributed by atoms with Crippen molar-refractivity contribution in [3.05, 3.63) is 36.1 Å². The van der Waals surface area contributed by atoms with E-state index in [4.69, 9.17) is 13.3 Å². The van der Waals surface area contributed by atoms with Crippen LogP contribution in [-0.2, 0) is 13.3 Å². The number of hydrogen-bond donors (Lipinski definition) is 0. The predicted octanol–water partition coefficient (Wildman–Crippen LogP) is 3.26. The van der Waals surface area contributed by atoms with Crippen molar-refractivity contribution < 1.29 is 13.3 Å². The van der Waals surface area contributed by atoms with E-state index in [0.717, 1.165) is 0 Å². The lowest BCUT2D eigenvalue weighted by Gasteiger charge is -2.25. The molecule has 0 aliphatic carbocycles. The molecule has 0 aromatic heterocycles. The molecule has 0 amide bonds. The van der Waals surface area contributed by atoms with Gasteiger partial charge in [0.1, 0.15) is 0 Å². The molecule has 0 aromatic carbocycles. The summed E-state index contributed by atoms with van der Waals surface area (Å²) in [5, 5.41) is 0. The second-order valence-electron chi connectivity index (χ2n) is 3.17. The minimum Gasteiger partial charge on any atom is -0.371 e. The summed E-state index contributed by atoms with van der Waals surface area (Å²) in [7, 11) is -2.61. The molecule has 4 heteroatoms. The molecule has 0 saturated carbocycles. The number of allylic oxidation sites excluding steroid dienone is 5. The van der Waals surface area contributed by atoms with Gasteiger partial charge in [-0.05, 0) is 33.4 Å². The molecule has 0 N–H and O–H groups in total. The summed E-state index contributed by atoms with van der Waals surface area (Å²) in [6, 6.07) is 0. The Hall–Kier alpha value is -0.683. The average Bonchev–Trinajstić information content (AvgIpc) is 2.30. The van der Waals surface area contributed by atoms with E-state index < -0.39 is 8.80 Å². The molecule has 0 fully saturated rings. The zero-order chi connectivity index (χ0) is 13.0. The Bertz CT molecular complexity index is 242. The van der Waals surface area contributed by atoms with Crippen LogP contribution in [0.2, 0.25) is 0 Å². The van der Waals surface area contributed by atoms with Crippen molar-refractivity contribution in [2.45, 2.75) is 27.7 Å². The maximum absolute atomic E-state index is 5.67. The summed E-state index contributed by atoms with van der Waals surface area (Å²) in [5.41, 5.74) is 1.92. The highest BCUT2D eigenvalue weighted by Gasteiger charge is 2.37. The maximum Gasteiger partial charge on any atom is 0.529 e. The highest BCUT2D eigenvalue weighted by atomic mass is 28.4. The molecule has 0 heterocycles. The van der Waals surface area contributed by atoms with Crippen LogP contribution in [0.4, 0.5) is 0 Å². The fourth-order valence-corrected chi connectivity index (χ4v) is 3.38. The highest BCUT2D eigenvalue weighted by Crippen LogP contribution is 2.11. The molecule has 0 bridgehead atoms. The normalized spacial score (nSPS) is 13.4. The van der Waals surface area contributed by atoms with Crippen LogP contribution in [0.3, 0.4) is 0 Å². The van der Waals surface area contributed by atoms with Crippen molar-refractivity contribution in [3.63, 3.8) is 0 Å². The topological polar surface area (TPSA) is 27.7 Å². The van der Waals surface area contributed by atoms with Gasteiger partial charge in [-0.1, -0.05) is 30.4 Å². The molecule has 98 valence electrons. The molecule has 0 saturated heterocycles. The maximum atomic E-state index is 5.67. The van der Waals surface area contributed by atoms with Gasteiger partial charge in [-0.25, -0.2) is 0 Å². The van der Waals surface area contributed by atoms with Crippen LogP contribution in [0.15, 0.2) is 36.1 Å². The van der Waals surface area contributed by atoms with Gasteiger partial charge in [-0.2, -0.15) is 0 Å². The first kappa shape index (κ1) is 16.3. The van der Waals surface area contributed by atoms with E-state index >= 15 is 0 Å². The van der Waals surface area contributed by atoms with E-state index in [0.29, 0.717) is 19.8 Å². The summed E-state index contributed by atoms with van der Waals surface area (Å²) < 4.78 is 17.0. The van der Waals surface area contributed by atoms with Crippen LogP contribution < -0.4 is 0 Å². The Morgan fingerprint density at radius 3 is 1.65 bits per heavy atom. The molecule has 17 heavy (non-hydrogen) atoms. The van der Waals surface area contributed by atoms with E-state index in [-0.39, 0.29) is 0 Å². The third-order valence-corrected chi connectivity index (χ3v) is 4.54. The average molecular weight is 256 g/mol. The van der Waals surface area contributed by atoms with Crippen LogP contribution in [0.1, 0.15) is 27.7 Å². The monoisotopic (exact) mass is 256 g/mol. The fraction of sp³-hybridized carbons (Fsp3) is 0.538. The smallest absolute Gasteiger partial charge is 0.371 e. The van der Waals surface area contributed by atoms with Crippen molar-refractivity contribution in [1.29, 1.82) is 0 Å². The Labute approximate surface area is 106 Å². The van der Waals surface area contributed by atoms with Gasteiger partial charge in [0.25, 0.3) is 0 Å². The molecule has 0 radical (unpaired) electrons. The van der Waals surface area contributed by atoms with Gasteiger partial charge in [0.2, 0.25) is 0 Å². The second-order valence-corrected chi connectivity index (χ2v) is 5.58. The van der Waals surface area contributed by atoms with Crippen LogP contribution in [0, 0.1) is 0 Å². The van der Waals surface area contributed by atoms with E-state index in [1.54, 1.807) is 0 Å². The molecular weight excluding hydrogens is 232 g/mol. The Morgan fingerprint density at radius 1 is 0.765 bits per heavy atom. The van der Waals surface area contributed by atoms with Crippen LogP contribution in [0.5, 0.6) is 0 Å². The van der Waals surface area contributed by atoms with E-state index in [2.05, 4.69) is 0 Å². The summed E-state index contributed by atoms with van der Waals surface area (Å²) >= 11 is 0. The molecule has 0 aliphatic rings. The molecule has 0 unspecified atom stereocenters. The number of hydrogen-bond acceptors (Lipinski definition) is 3. The van der Waals surface area contributed by atoms with Gasteiger partial charge in [-0.15, -0.1) is 0 Å². The molecule has 0 atom stereocenters. The second kappa shape index (κ2) is 10.5. The molecule has 0 rings (SSSR count). The van der Waals surface area contributed by atoms with Gasteiger partial charge in [-0.3, -0.25) is 0 Å². The molecular formula is C13H24O3Si. The van der Waals surface area contributed by atoms with Crippen LogP contribution in [-0.4, -0.2) is 28.6 Å². The van der Waals surface area contributed by atoms with Gasteiger partial charge in [0.15, 0.2) is 0 Å². The zero-order valence-electron chi connectivity index (χ0n) is 11.3. The first-order chi connectivity index (χ1) is 8.24. The van der Waals surface area contributed by atoms with Crippen molar-refractivity contribution in [1.82, 2.24) is 0 Å². The largest absolute Gasteiger partial charge is 0.529 e. The summed E-state index contributed by atoms with van der Waals surface area (Å²) in [6.07, 6.45) is 9.77. The first-order valence-corrected chi connectivity index (χ1v) is 7.93. The van der Waals surface area contributed by atoms with Gasteiger partial charge >= 0.3 is 8.80 Å². The van der Waals surface area contributed by atoms with E-state index in [1.165, 1.54) is 0 Å². The van der Waals surface area contributed by atoms with Gasteiger partial charge in [0.05, 0.1) is 0 Å². The first-order valence-electron chi connectivity index (χ1n) is 6.13. The standard InChI is InChI=1S/C13H24O3Si/c1-5-9-10-11-12-13-17(14-6-2,15-7-3)16-8-4/h5,9-13H,6-8H2,1-4H3/b9-5+,11-10+,13-12+. The molecule has 0 aliphatic heterocycles. The van der Waals surface area contributed by atoms with Crippen LogP contribution >= 0.6 is 0 Å². The molecule has 3 nitrogen and oxygen atoms in total. The lowest BCUT2D eigenvalue weighted by molar-refractivity contribution is 0.0843. The van der Waals surface area contributed by atoms with Gasteiger partial charge in [0, 0.05) is 19.8 Å². The number of rotatable bonds is 9. The van der Waals surface area contributed by atoms with Crippen molar-refractivity contribution in [3.8, 4) is 0 Å². The Morgan fingerprint density at radius 2 is 1.24 bits per heavy atom. The van der Waals surface area contributed by atoms with Gasteiger partial charge < -0.3 is 13.3 Å². The summed E-state index contributed by atoms with van der Waals surface area (Å²) in [5.74, 6) is 0.